The zero-order valence-electron chi connectivity index (χ0n) is 12.3. The van der Waals surface area contributed by atoms with Gasteiger partial charge >= 0.3 is 0 Å². The summed E-state index contributed by atoms with van der Waals surface area (Å²) >= 11 is 0. The van der Waals surface area contributed by atoms with Gasteiger partial charge in [0, 0.05) is 18.5 Å². The van der Waals surface area contributed by atoms with E-state index >= 15 is 0 Å². The van der Waals surface area contributed by atoms with E-state index in [-0.39, 0.29) is 28.7 Å². The van der Waals surface area contributed by atoms with Crippen molar-refractivity contribution in [3.63, 3.8) is 0 Å². The summed E-state index contributed by atoms with van der Waals surface area (Å²) in [6, 6.07) is 11.9. The van der Waals surface area contributed by atoms with E-state index in [1.54, 1.807) is 24.3 Å². The maximum Gasteiger partial charge on any atom is 0.269 e. The number of hydrogen-bond donors (Lipinski definition) is 4. The molecule has 0 aliphatic heterocycles. The number of phenols is 1. The van der Waals surface area contributed by atoms with Crippen LogP contribution in [0.1, 0.15) is 20.8 Å². The van der Waals surface area contributed by atoms with Crippen LogP contribution in [0.2, 0.25) is 0 Å². The number of hydrogen-bond acceptors (Lipinski definition) is 4. The number of phenolic OH excluding ortho intramolecular Hbond substituents is 1. The number of carbonyl (C=O) groups excluding carboxylic acids is 2. The number of carbonyl (C=O) groups is 2. The van der Waals surface area contributed by atoms with Crippen molar-refractivity contribution in [1.29, 1.82) is 0 Å². The average molecular weight is 310 g/mol. The Morgan fingerprint density at radius 1 is 1.13 bits per heavy atom. The Balaban J connectivity index is 1.87. The van der Waals surface area contributed by atoms with Crippen LogP contribution in [0.3, 0.4) is 0 Å². The Morgan fingerprint density at radius 3 is 2.70 bits per heavy atom. The third-order valence-corrected chi connectivity index (χ3v) is 3.44. The zero-order chi connectivity index (χ0) is 16.4. The first-order chi connectivity index (χ1) is 11.1. The molecule has 4 N–H and O–H groups in total. The SMILES string of the molecule is CNC(=O)c1cc(NC(=O)c2ccc3ccccc3c2O)n[nH]1. The van der Waals surface area contributed by atoms with Crippen LogP contribution >= 0.6 is 0 Å². The van der Waals surface area contributed by atoms with Gasteiger partial charge in [-0.05, 0) is 11.5 Å². The van der Waals surface area contributed by atoms with E-state index in [4.69, 9.17) is 0 Å². The minimum Gasteiger partial charge on any atom is -0.506 e. The fourth-order valence-electron chi connectivity index (χ4n) is 2.26. The summed E-state index contributed by atoms with van der Waals surface area (Å²) in [7, 11) is 1.49. The van der Waals surface area contributed by atoms with E-state index in [0.717, 1.165) is 5.39 Å². The summed E-state index contributed by atoms with van der Waals surface area (Å²) in [6.45, 7) is 0. The molecule has 7 nitrogen and oxygen atoms in total. The fourth-order valence-corrected chi connectivity index (χ4v) is 2.26. The molecule has 0 spiro atoms. The first kappa shape index (κ1) is 14.6. The summed E-state index contributed by atoms with van der Waals surface area (Å²) in [5.74, 6) is -0.751. The quantitative estimate of drug-likeness (QED) is 0.592. The molecular weight excluding hydrogens is 296 g/mol. The lowest BCUT2D eigenvalue weighted by molar-refractivity contribution is 0.0957. The van der Waals surface area contributed by atoms with Crippen molar-refractivity contribution >= 4 is 28.4 Å². The number of aromatic hydroxyl groups is 1. The molecule has 0 saturated carbocycles. The van der Waals surface area contributed by atoms with Gasteiger partial charge in [-0.2, -0.15) is 5.10 Å². The molecular formula is C16H14N4O3. The first-order valence-electron chi connectivity index (χ1n) is 6.89. The predicted octanol–water partition coefficient (Wildman–Crippen LogP) is 1.88. The van der Waals surface area contributed by atoms with Gasteiger partial charge in [0.25, 0.3) is 11.8 Å². The lowest BCUT2D eigenvalue weighted by atomic mass is 10.0. The normalized spacial score (nSPS) is 10.5. The molecule has 3 aromatic rings. The molecule has 7 heteroatoms. The minimum atomic E-state index is -0.511. The van der Waals surface area contributed by atoms with Crippen LogP contribution in [0.25, 0.3) is 10.8 Å². The number of nitrogens with zero attached hydrogens (tertiary/aromatic N) is 1. The van der Waals surface area contributed by atoms with Gasteiger partial charge in [-0.1, -0.05) is 30.3 Å². The highest BCUT2D eigenvalue weighted by atomic mass is 16.3. The first-order valence-corrected chi connectivity index (χ1v) is 6.89. The predicted molar refractivity (Wildman–Crippen MR) is 85.5 cm³/mol. The molecule has 1 aromatic heterocycles. The fraction of sp³-hybridized carbons (Fsp3) is 0.0625. The molecule has 2 amide bonds. The van der Waals surface area contributed by atoms with E-state index in [0.29, 0.717) is 5.39 Å². The Hall–Kier alpha value is -3.35. The number of aromatic amines is 1. The second kappa shape index (κ2) is 5.80. The Bertz CT molecular complexity index is 901. The Labute approximate surface area is 131 Å². The van der Waals surface area contributed by atoms with Crippen LogP contribution in [-0.4, -0.2) is 34.2 Å². The number of amides is 2. The summed E-state index contributed by atoms with van der Waals surface area (Å²) in [5, 5.41) is 23.1. The highest BCUT2D eigenvalue weighted by molar-refractivity contribution is 6.09. The van der Waals surface area contributed by atoms with Gasteiger partial charge in [0.1, 0.15) is 11.4 Å². The molecule has 0 unspecified atom stereocenters. The summed E-state index contributed by atoms with van der Waals surface area (Å²) in [5.41, 5.74) is 0.360. The molecule has 0 atom stereocenters. The Kier molecular flexibility index (Phi) is 3.68. The second-order valence-electron chi connectivity index (χ2n) is 4.88. The molecule has 2 aromatic carbocycles. The summed E-state index contributed by atoms with van der Waals surface area (Å²) in [6.07, 6.45) is 0. The number of fused-ring (bicyclic) bond motifs is 1. The van der Waals surface area contributed by atoms with Crippen LogP contribution < -0.4 is 10.6 Å². The molecule has 1 heterocycles. The van der Waals surface area contributed by atoms with Crippen LogP contribution in [0.5, 0.6) is 5.75 Å². The summed E-state index contributed by atoms with van der Waals surface area (Å²) in [4.78, 5) is 23.7. The smallest absolute Gasteiger partial charge is 0.269 e. The van der Waals surface area contributed by atoms with Gasteiger partial charge in [-0.15, -0.1) is 0 Å². The van der Waals surface area contributed by atoms with Crippen LogP contribution in [0, 0.1) is 0 Å². The van der Waals surface area contributed by atoms with Gasteiger partial charge < -0.3 is 15.7 Å². The van der Waals surface area contributed by atoms with Crippen molar-refractivity contribution in [1.82, 2.24) is 15.5 Å². The van der Waals surface area contributed by atoms with Crippen molar-refractivity contribution in [2.45, 2.75) is 0 Å². The molecule has 0 aliphatic rings. The van der Waals surface area contributed by atoms with Crippen molar-refractivity contribution in [2.75, 3.05) is 12.4 Å². The van der Waals surface area contributed by atoms with E-state index < -0.39 is 5.91 Å². The van der Waals surface area contributed by atoms with Crippen molar-refractivity contribution in [2.24, 2.45) is 0 Å². The number of nitrogens with one attached hydrogen (secondary N) is 3. The van der Waals surface area contributed by atoms with E-state index in [1.165, 1.54) is 13.1 Å². The van der Waals surface area contributed by atoms with E-state index in [1.807, 2.05) is 12.1 Å². The van der Waals surface area contributed by atoms with Crippen LogP contribution in [0.4, 0.5) is 5.82 Å². The second-order valence-corrected chi connectivity index (χ2v) is 4.88. The summed E-state index contributed by atoms with van der Waals surface area (Å²) < 4.78 is 0. The van der Waals surface area contributed by atoms with Gasteiger partial charge in [-0.3, -0.25) is 14.7 Å². The van der Waals surface area contributed by atoms with Gasteiger partial charge in [0.2, 0.25) is 0 Å². The van der Waals surface area contributed by atoms with E-state index in [2.05, 4.69) is 20.8 Å². The molecule has 116 valence electrons. The highest BCUT2D eigenvalue weighted by Crippen LogP contribution is 2.28. The minimum absolute atomic E-state index is 0.0948. The molecule has 3 rings (SSSR count). The molecule has 0 bridgehead atoms. The third kappa shape index (κ3) is 2.71. The van der Waals surface area contributed by atoms with E-state index in [9.17, 15) is 14.7 Å². The monoisotopic (exact) mass is 310 g/mol. The number of benzene rings is 2. The highest BCUT2D eigenvalue weighted by Gasteiger charge is 2.16. The number of anilines is 1. The molecule has 0 radical (unpaired) electrons. The largest absolute Gasteiger partial charge is 0.506 e. The third-order valence-electron chi connectivity index (χ3n) is 3.44. The number of H-pyrrole nitrogens is 1. The lowest BCUT2D eigenvalue weighted by Crippen LogP contribution is -2.18. The lowest BCUT2D eigenvalue weighted by Gasteiger charge is -2.07. The Morgan fingerprint density at radius 2 is 1.91 bits per heavy atom. The van der Waals surface area contributed by atoms with Crippen molar-refractivity contribution in [3.8, 4) is 5.75 Å². The maximum absolute atomic E-state index is 12.3. The topological polar surface area (TPSA) is 107 Å². The molecule has 23 heavy (non-hydrogen) atoms. The average Bonchev–Trinajstić information content (AvgIpc) is 3.03. The molecule has 0 aliphatic carbocycles. The van der Waals surface area contributed by atoms with Crippen LogP contribution in [-0.2, 0) is 0 Å². The van der Waals surface area contributed by atoms with Crippen molar-refractivity contribution in [3.05, 3.63) is 53.7 Å². The molecule has 0 saturated heterocycles. The number of rotatable bonds is 3. The van der Waals surface area contributed by atoms with Crippen molar-refractivity contribution < 1.29 is 14.7 Å². The zero-order valence-corrected chi connectivity index (χ0v) is 12.3. The van der Waals surface area contributed by atoms with Crippen LogP contribution in [0.15, 0.2) is 42.5 Å². The standard InChI is InChI=1S/C16H14N4O3/c1-17-16(23)12-8-13(20-19-12)18-15(22)11-7-6-9-4-2-3-5-10(9)14(11)21/h2-8,21H,1H3,(H,17,23)(H2,18,19,20,22). The van der Waals surface area contributed by atoms with Gasteiger partial charge in [0.15, 0.2) is 5.82 Å². The maximum atomic E-state index is 12.3. The number of aromatic nitrogens is 2. The van der Waals surface area contributed by atoms with Gasteiger partial charge in [0.05, 0.1) is 5.56 Å². The molecule has 0 fully saturated rings. The van der Waals surface area contributed by atoms with Gasteiger partial charge in [-0.25, -0.2) is 0 Å².